The summed E-state index contributed by atoms with van der Waals surface area (Å²) in [6, 6.07) is 22.5. The molecular weight excluding hydrogens is 316 g/mol. The van der Waals surface area contributed by atoms with Crippen molar-refractivity contribution in [1.82, 2.24) is 5.32 Å². The van der Waals surface area contributed by atoms with Crippen LogP contribution in [0.4, 0.5) is 5.69 Å². The van der Waals surface area contributed by atoms with Crippen LogP contribution >= 0.6 is 12.2 Å². The number of benzene rings is 3. The van der Waals surface area contributed by atoms with Crippen molar-refractivity contribution in [3.63, 3.8) is 0 Å². The minimum Gasteiger partial charge on any atom is -0.497 e. The van der Waals surface area contributed by atoms with Gasteiger partial charge in [-0.3, -0.25) is 0 Å². The van der Waals surface area contributed by atoms with E-state index in [1.807, 2.05) is 42.5 Å². The summed E-state index contributed by atoms with van der Waals surface area (Å²) in [7, 11) is 1.67. The molecule has 3 aromatic carbocycles. The van der Waals surface area contributed by atoms with Gasteiger partial charge in [-0.2, -0.15) is 0 Å². The highest BCUT2D eigenvalue weighted by Crippen LogP contribution is 2.23. The molecule has 0 aromatic heterocycles. The van der Waals surface area contributed by atoms with Gasteiger partial charge in [0.1, 0.15) is 5.75 Å². The predicted octanol–water partition coefficient (Wildman–Crippen LogP) is 4.90. The molecule has 0 spiro atoms. The highest BCUT2D eigenvalue weighted by molar-refractivity contribution is 7.80. The van der Waals surface area contributed by atoms with Crippen LogP contribution in [0.15, 0.2) is 66.7 Å². The fourth-order valence-electron chi connectivity index (χ4n) is 2.68. The number of fused-ring (bicyclic) bond motifs is 1. The van der Waals surface area contributed by atoms with Crippen LogP contribution < -0.4 is 15.4 Å². The number of hydrogen-bond acceptors (Lipinski definition) is 2. The third-order valence-corrected chi connectivity index (χ3v) is 4.20. The monoisotopic (exact) mass is 336 g/mol. The fourth-order valence-corrected chi connectivity index (χ4v) is 2.97. The summed E-state index contributed by atoms with van der Waals surface area (Å²) in [6.45, 7) is 2.08. The van der Waals surface area contributed by atoms with E-state index in [2.05, 4.69) is 41.8 Å². The summed E-state index contributed by atoms with van der Waals surface area (Å²) in [5, 5.41) is 9.56. The lowest BCUT2D eigenvalue weighted by Gasteiger charge is -2.18. The lowest BCUT2D eigenvalue weighted by Crippen LogP contribution is -2.30. The van der Waals surface area contributed by atoms with Gasteiger partial charge in [-0.25, -0.2) is 0 Å². The molecular formula is C20H20N2OS. The van der Waals surface area contributed by atoms with Crippen LogP contribution in [0.25, 0.3) is 10.8 Å². The van der Waals surface area contributed by atoms with Crippen molar-refractivity contribution in [1.29, 1.82) is 0 Å². The molecule has 4 heteroatoms. The summed E-state index contributed by atoms with van der Waals surface area (Å²) in [5.74, 6) is 0.842. The van der Waals surface area contributed by atoms with Gasteiger partial charge in [-0.1, -0.05) is 48.5 Å². The number of rotatable bonds is 4. The molecule has 0 aliphatic heterocycles. The van der Waals surface area contributed by atoms with Gasteiger partial charge in [0.15, 0.2) is 5.11 Å². The normalized spacial score (nSPS) is 11.8. The Kier molecular flexibility index (Phi) is 4.96. The standard InChI is InChI=1S/C20H20N2OS/c1-14(16-9-5-10-17(13-16)23-2)21-20(24)22-19-12-6-8-15-7-3-4-11-18(15)19/h3-14H,1-2H3,(H2,21,22,24). The van der Waals surface area contributed by atoms with E-state index < -0.39 is 0 Å². The molecule has 0 fully saturated rings. The Balaban J connectivity index is 1.72. The van der Waals surface area contributed by atoms with E-state index >= 15 is 0 Å². The summed E-state index contributed by atoms with van der Waals surface area (Å²) in [5.41, 5.74) is 2.12. The molecule has 2 N–H and O–H groups in total. The summed E-state index contributed by atoms with van der Waals surface area (Å²) in [6.07, 6.45) is 0. The van der Waals surface area contributed by atoms with Crippen LogP contribution in [0.2, 0.25) is 0 Å². The van der Waals surface area contributed by atoms with Gasteiger partial charge in [-0.05, 0) is 48.3 Å². The van der Waals surface area contributed by atoms with E-state index in [4.69, 9.17) is 17.0 Å². The van der Waals surface area contributed by atoms with Crippen molar-refractivity contribution >= 4 is 33.8 Å². The largest absolute Gasteiger partial charge is 0.497 e. The van der Waals surface area contributed by atoms with Gasteiger partial charge >= 0.3 is 0 Å². The third-order valence-electron chi connectivity index (χ3n) is 3.98. The summed E-state index contributed by atoms with van der Waals surface area (Å²) < 4.78 is 5.28. The fraction of sp³-hybridized carbons (Fsp3) is 0.150. The molecule has 122 valence electrons. The van der Waals surface area contributed by atoms with Crippen molar-refractivity contribution in [3.8, 4) is 5.75 Å². The number of anilines is 1. The summed E-state index contributed by atoms with van der Waals surface area (Å²) in [4.78, 5) is 0. The van der Waals surface area contributed by atoms with Gasteiger partial charge in [0.2, 0.25) is 0 Å². The van der Waals surface area contributed by atoms with Crippen LogP contribution in [0, 0.1) is 0 Å². The Morgan fingerprint density at radius 3 is 2.58 bits per heavy atom. The van der Waals surface area contributed by atoms with Gasteiger partial charge < -0.3 is 15.4 Å². The molecule has 0 radical (unpaired) electrons. The molecule has 3 aromatic rings. The Hall–Kier alpha value is -2.59. The molecule has 0 aliphatic rings. The topological polar surface area (TPSA) is 33.3 Å². The zero-order valence-electron chi connectivity index (χ0n) is 13.7. The van der Waals surface area contributed by atoms with Crippen molar-refractivity contribution in [3.05, 3.63) is 72.3 Å². The van der Waals surface area contributed by atoms with Crippen LogP contribution in [0.1, 0.15) is 18.5 Å². The summed E-state index contributed by atoms with van der Waals surface area (Å²) >= 11 is 5.48. The van der Waals surface area contributed by atoms with Crippen molar-refractivity contribution in [2.24, 2.45) is 0 Å². The second-order valence-electron chi connectivity index (χ2n) is 5.62. The second kappa shape index (κ2) is 7.32. The zero-order chi connectivity index (χ0) is 16.9. The van der Waals surface area contributed by atoms with Crippen molar-refractivity contribution in [2.75, 3.05) is 12.4 Å². The zero-order valence-corrected chi connectivity index (χ0v) is 14.6. The smallest absolute Gasteiger partial charge is 0.171 e. The van der Waals surface area contributed by atoms with Crippen LogP contribution in [0.3, 0.4) is 0 Å². The van der Waals surface area contributed by atoms with Crippen LogP contribution in [-0.2, 0) is 0 Å². The predicted molar refractivity (Wildman–Crippen MR) is 105 cm³/mol. The first-order valence-electron chi connectivity index (χ1n) is 7.86. The van der Waals surface area contributed by atoms with Gasteiger partial charge in [0.25, 0.3) is 0 Å². The van der Waals surface area contributed by atoms with E-state index in [1.54, 1.807) is 7.11 Å². The Labute approximate surface area is 147 Å². The lowest BCUT2D eigenvalue weighted by molar-refractivity contribution is 0.413. The first kappa shape index (κ1) is 16.3. The SMILES string of the molecule is COc1cccc(C(C)NC(=S)Nc2cccc3ccccc23)c1. The molecule has 0 amide bonds. The highest BCUT2D eigenvalue weighted by atomic mass is 32.1. The Morgan fingerprint density at radius 1 is 1.00 bits per heavy atom. The lowest BCUT2D eigenvalue weighted by atomic mass is 10.1. The van der Waals surface area contributed by atoms with Gasteiger partial charge in [0, 0.05) is 11.1 Å². The molecule has 0 aliphatic carbocycles. The molecule has 0 heterocycles. The minimum atomic E-state index is 0.0788. The highest BCUT2D eigenvalue weighted by Gasteiger charge is 2.09. The Bertz CT molecular complexity index is 858. The first-order valence-corrected chi connectivity index (χ1v) is 8.27. The molecule has 3 rings (SSSR count). The average molecular weight is 336 g/mol. The molecule has 3 nitrogen and oxygen atoms in total. The molecule has 0 saturated carbocycles. The minimum absolute atomic E-state index is 0.0788. The third kappa shape index (κ3) is 3.66. The van der Waals surface area contributed by atoms with Crippen molar-refractivity contribution in [2.45, 2.75) is 13.0 Å². The molecule has 24 heavy (non-hydrogen) atoms. The maximum Gasteiger partial charge on any atom is 0.171 e. The molecule has 0 saturated heterocycles. The number of nitrogens with one attached hydrogen (secondary N) is 2. The maximum absolute atomic E-state index is 5.48. The van der Waals surface area contributed by atoms with E-state index in [1.165, 1.54) is 5.39 Å². The number of hydrogen-bond donors (Lipinski definition) is 2. The average Bonchev–Trinajstić information content (AvgIpc) is 2.62. The van der Waals surface area contributed by atoms with E-state index in [-0.39, 0.29) is 6.04 Å². The van der Waals surface area contributed by atoms with Gasteiger partial charge in [-0.15, -0.1) is 0 Å². The number of ether oxygens (including phenoxy) is 1. The van der Waals surface area contributed by atoms with E-state index in [0.29, 0.717) is 5.11 Å². The first-order chi connectivity index (χ1) is 11.7. The molecule has 0 bridgehead atoms. The molecule has 1 unspecified atom stereocenters. The van der Waals surface area contributed by atoms with Crippen LogP contribution in [-0.4, -0.2) is 12.2 Å². The van der Waals surface area contributed by atoms with E-state index in [0.717, 1.165) is 22.4 Å². The van der Waals surface area contributed by atoms with Gasteiger partial charge in [0.05, 0.1) is 13.2 Å². The number of thiocarbonyl (C=S) groups is 1. The van der Waals surface area contributed by atoms with Crippen molar-refractivity contribution < 1.29 is 4.74 Å². The van der Waals surface area contributed by atoms with Crippen LogP contribution in [0.5, 0.6) is 5.75 Å². The number of methoxy groups -OCH3 is 1. The van der Waals surface area contributed by atoms with E-state index in [9.17, 15) is 0 Å². The molecule has 1 atom stereocenters. The quantitative estimate of drug-likeness (QED) is 0.664. The Morgan fingerprint density at radius 2 is 1.75 bits per heavy atom. The second-order valence-corrected chi connectivity index (χ2v) is 6.03. The maximum atomic E-state index is 5.48.